The lowest BCUT2D eigenvalue weighted by atomic mass is 10.0. The van der Waals surface area contributed by atoms with Gasteiger partial charge in [-0.15, -0.1) is 11.3 Å². The zero-order valence-electron chi connectivity index (χ0n) is 17.8. The molecule has 2 fully saturated rings. The first-order chi connectivity index (χ1) is 15.6. The van der Waals surface area contributed by atoms with Crippen molar-refractivity contribution >= 4 is 34.7 Å². The monoisotopic (exact) mass is 454 g/mol. The van der Waals surface area contributed by atoms with Gasteiger partial charge in [0.2, 0.25) is 11.8 Å². The molecule has 3 aliphatic rings. The van der Waals surface area contributed by atoms with E-state index < -0.39 is 6.04 Å². The summed E-state index contributed by atoms with van der Waals surface area (Å²) in [6.45, 7) is 5.54. The second-order valence-electron chi connectivity index (χ2n) is 8.42. The number of benzene rings is 1. The van der Waals surface area contributed by atoms with Gasteiger partial charge >= 0.3 is 0 Å². The molecule has 0 aliphatic carbocycles. The lowest BCUT2D eigenvalue weighted by molar-refractivity contribution is -0.136. The summed E-state index contributed by atoms with van der Waals surface area (Å²) >= 11 is 1.41. The molecule has 3 amide bonds. The van der Waals surface area contributed by atoms with Gasteiger partial charge < -0.3 is 15.0 Å². The molecule has 0 saturated carbocycles. The van der Waals surface area contributed by atoms with Gasteiger partial charge in [-0.25, -0.2) is 0 Å². The van der Waals surface area contributed by atoms with Crippen LogP contribution >= 0.6 is 11.3 Å². The number of carbonyl (C=O) groups is 3. The molecule has 0 bridgehead atoms. The molecule has 1 aromatic heterocycles. The first-order valence-corrected chi connectivity index (χ1v) is 11.8. The number of ether oxygens (including phenoxy) is 1. The normalized spacial score (nSPS) is 21.6. The van der Waals surface area contributed by atoms with Crippen LogP contribution in [0.5, 0.6) is 0 Å². The molecule has 5 rings (SSSR count). The van der Waals surface area contributed by atoms with Gasteiger partial charge in [0.05, 0.1) is 30.3 Å². The number of morpholine rings is 1. The molecule has 2 N–H and O–H groups in total. The molecule has 0 spiro atoms. The van der Waals surface area contributed by atoms with Crippen LogP contribution in [0.25, 0.3) is 0 Å². The van der Waals surface area contributed by atoms with Crippen molar-refractivity contribution in [3.8, 4) is 0 Å². The van der Waals surface area contributed by atoms with Crippen molar-refractivity contribution in [3.05, 3.63) is 51.2 Å². The Morgan fingerprint density at radius 3 is 2.59 bits per heavy atom. The van der Waals surface area contributed by atoms with E-state index in [-0.39, 0.29) is 24.1 Å². The molecular weight excluding hydrogens is 428 g/mol. The van der Waals surface area contributed by atoms with Crippen LogP contribution in [0.1, 0.15) is 39.2 Å². The van der Waals surface area contributed by atoms with Gasteiger partial charge in [-0.3, -0.25) is 24.6 Å². The van der Waals surface area contributed by atoms with E-state index in [1.165, 1.54) is 22.5 Å². The first-order valence-electron chi connectivity index (χ1n) is 11.0. The predicted octanol–water partition coefficient (Wildman–Crippen LogP) is 1.95. The predicted molar refractivity (Wildman–Crippen MR) is 120 cm³/mol. The quantitative estimate of drug-likeness (QED) is 0.649. The van der Waals surface area contributed by atoms with Crippen molar-refractivity contribution in [2.75, 3.05) is 31.6 Å². The first kappa shape index (κ1) is 21.1. The van der Waals surface area contributed by atoms with Crippen LogP contribution in [0.4, 0.5) is 5.69 Å². The number of fused-ring (bicyclic) bond motifs is 1. The Morgan fingerprint density at radius 2 is 1.84 bits per heavy atom. The number of amides is 3. The number of rotatable bonds is 6. The van der Waals surface area contributed by atoms with Crippen LogP contribution in [0.3, 0.4) is 0 Å². The molecule has 168 valence electrons. The van der Waals surface area contributed by atoms with Crippen LogP contribution in [-0.4, -0.2) is 59.9 Å². The summed E-state index contributed by atoms with van der Waals surface area (Å²) in [7, 11) is 0. The Bertz CT molecular complexity index is 1030. The molecule has 2 aromatic rings. The topological polar surface area (TPSA) is 91.0 Å². The third kappa shape index (κ3) is 4.28. The molecule has 8 nitrogen and oxygen atoms in total. The number of hydrogen-bond donors (Lipinski definition) is 2. The summed E-state index contributed by atoms with van der Waals surface area (Å²) in [6, 6.07) is 8.02. The van der Waals surface area contributed by atoms with E-state index in [1.807, 2.05) is 5.38 Å². The summed E-state index contributed by atoms with van der Waals surface area (Å²) in [5.74, 6) is -0.776. The average Bonchev–Trinajstić information content (AvgIpc) is 3.34. The number of imide groups is 1. The Kier molecular flexibility index (Phi) is 5.95. The van der Waals surface area contributed by atoms with Crippen LogP contribution < -0.4 is 10.6 Å². The van der Waals surface area contributed by atoms with E-state index in [4.69, 9.17) is 4.74 Å². The Morgan fingerprint density at radius 1 is 1.09 bits per heavy atom. The Labute approximate surface area is 190 Å². The van der Waals surface area contributed by atoms with Crippen molar-refractivity contribution in [2.45, 2.75) is 38.5 Å². The van der Waals surface area contributed by atoms with E-state index in [1.54, 1.807) is 4.90 Å². The number of anilines is 1. The van der Waals surface area contributed by atoms with E-state index >= 15 is 0 Å². The van der Waals surface area contributed by atoms with Crippen molar-refractivity contribution < 1.29 is 19.1 Å². The highest BCUT2D eigenvalue weighted by Gasteiger charge is 2.40. The zero-order valence-corrected chi connectivity index (χ0v) is 18.6. The fourth-order valence-electron chi connectivity index (χ4n) is 4.45. The van der Waals surface area contributed by atoms with Gasteiger partial charge in [0.25, 0.3) is 5.91 Å². The van der Waals surface area contributed by atoms with Crippen LogP contribution in [0, 0.1) is 0 Å². The summed E-state index contributed by atoms with van der Waals surface area (Å²) in [4.78, 5) is 41.2. The van der Waals surface area contributed by atoms with Gasteiger partial charge in [-0.1, -0.05) is 24.3 Å². The Hall–Kier alpha value is -2.75. The van der Waals surface area contributed by atoms with Gasteiger partial charge in [0, 0.05) is 43.5 Å². The SMILES string of the molecule is O=C1CC[C@H](N2Cc3c(NCc4ccc(CN5CCOCC5)cc4)csc3C2=O)C(=O)N1. The second-order valence-corrected chi connectivity index (χ2v) is 9.30. The fraction of sp³-hybridized carbons (Fsp3) is 0.435. The lowest BCUT2D eigenvalue weighted by Gasteiger charge is -2.29. The lowest BCUT2D eigenvalue weighted by Crippen LogP contribution is -2.52. The number of carbonyl (C=O) groups excluding carboxylic acids is 3. The van der Waals surface area contributed by atoms with Crippen molar-refractivity contribution in [2.24, 2.45) is 0 Å². The molecular formula is C23H26N4O4S. The van der Waals surface area contributed by atoms with E-state index in [0.717, 1.165) is 44.1 Å². The highest BCUT2D eigenvalue weighted by Crippen LogP contribution is 2.37. The summed E-state index contributed by atoms with van der Waals surface area (Å²) in [5, 5.41) is 7.77. The largest absolute Gasteiger partial charge is 0.380 e. The van der Waals surface area contributed by atoms with Crippen LogP contribution in [0.2, 0.25) is 0 Å². The molecule has 3 aliphatic heterocycles. The number of piperidine rings is 1. The van der Waals surface area contributed by atoms with Crippen LogP contribution in [0.15, 0.2) is 29.6 Å². The van der Waals surface area contributed by atoms with Crippen molar-refractivity contribution in [1.82, 2.24) is 15.1 Å². The smallest absolute Gasteiger partial charge is 0.265 e. The fourth-order valence-corrected chi connectivity index (χ4v) is 5.44. The molecule has 32 heavy (non-hydrogen) atoms. The molecule has 1 aromatic carbocycles. The number of hydrogen-bond acceptors (Lipinski definition) is 7. The standard InChI is InChI=1S/C23H26N4O4S/c28-20-6-5-19(22(29)25-20)27-13-17-18(14-32-21(17)23(27)30)24-11-15-1-3-16(4-2-15)12-26-7-9-31-10-8-26/h1-4,14,19,24H,5-13H2,(H,25,28,29)/t19-/m0/s1. The molecule has 1 atom stereocenters. The van der Waals surface area contributed by atoms with E-state index in [2.05, 4.69) is 39.8 Å². The van der Waals surface area contributed by atoms with E-state index in [9.17, 15) is 14.4 Å². The van der Waals surface area contributed by atoms with Crippen molar-refractivity contribution in [3.63, 3.8) is 0 Å². The van der Waals surface area contributed by atoms with Gasteiger partial charge in [0.1, 0.15) is 6.04 Å². The maximum Gasteiger partial charge on any atom is 0.265 e. The maximum atomic E-state index is 12.8. The summed E-state index contributed by atoms with van der Waals surface area (Å²) < 4.78 is 5.41. The highest BCUT2D eigenvalue weighted by molar-refractivity contribution is 7.12. The average molecular weight is 455 g/mol. The molecule has 9 heteroatoms. The molecule has 0 unspecified atom stereocenters. The molecule has 0 radical (unpaired) electrons. The minimum atomic E-state index is -0.577. The Balaban J connectivity index is 1.19. The van der Waals surface area contributed by atoms with Gasteiger partial charge in [0.15, 0.2) is 0 Å². The summed E-state index contributed by atoms with van der Waals surface area (Å²) in [5.41, 5.74) is 4.33. The zero-order chi connectivity index (χ0) is 22.1. The van der Waals surface area contributed by atoms with E-state index in [0.29, 0.717) is 24.4 Å². The van der Waals surface area contributed by atoms with Gasteiger partial charge in [-0.05, 0) is 17.5 Å². The molecule has 2 saturated heterocycles. The second kappa shape index (κ2) is 9.01. The highest BCUT2D eigenvalue weighted by atomic mass is 32.1. The minimum Gasteiger partial charge on any atom is -0.380 e. The number of thiophene rings is 1. The number of nitrogens with one attached hydrogen (secondary N) is 2. The summed E-state index contributed by atoms with van der Waals surface area (Å²) in [6.07, 6.45) is 0.644. The van der Waals surface area contributed by atoms with Crippen molar-refractivity contribution in [1.29, 1.82) is 0 Å². The third-order valence-electron chi connectivity index (χ3n) is 6.28. The minimum absolute atomic E-state index is 0.125. The van der Waals surface area contributed by atoms with Crippen LogP contribution in [-0.2, 0) is 34.0 Å². The molecule has 4 heterocycles. The van der Waals surface area contributed by atoms with Gasteiger partial charge in [-0.2, -0.15) is 0 Å². The number of nitrogens with zero attached hydrogens (tertiary/aromatic N) is 2. The third-order valence-corrected chi connectivity index (χ3v) is 7.29. The maximum absolute atomic E-state index is 12.8.